The SMILES string of the molecule is CC1(C)C2C1[C@@H](O)O[C@H]2C(Br)(Br)Br. The summed E-state index contributed by atoms with van der Waals surface area (Å²) in [6.45, 7) is 4.33. The molecule has 5 heteroatoms. The van der Waals surface area contributed by atoms with Crippen molar-refractivity contribution in [2.75, 3.05) is 0 Å². The highest BCUT2D eigenvalue weighted by Crippen LogP contribution is 2.69. The number of hydrogen-bond acceptors (Lipinski definition) is 2. The van der Waals surface area contributed by atoms with Crippen molar-refractivity contribution in [2.24, 2.45) is 17.3 Å². The van der Waals surface area contributed by atoms with Crippen molar-refractivity contribution in [2.45, 2.75) is 28.4 Å². The van der Waals surface area contributed by atoms with Gasteiger partial charge in [0.2, 0.25) is 0 Å². The molecule has 2 aliphatic rings. The zero-order valence-electron chi connectivity index (χ0n) is 7.30. The molecular formula is C8H11Br3O2. The van der Waals surface area contributed by atoms with E-state index in [2.05, 4.69) is 61.6 Å². The van der Waals surface area contributed by atoms with Crippen LogP contribution < -0.4 is 0 Å². The standard InChI is InChI=1S/C8H11Br3O2/c1-7(2)3-4(7)6(12)13-5(3)8(9,10)11/h3-6,12H,1-2H3/t3?,4?,5-,6+/m1/s1. The lowest BCUT2D eigenvalue weighted by atomic mass is 10.1. The first-order chi connectivity index (χ1) is 5.76. The third-order valence-corrected chi connectivity index (χ3v) is 4.59. The molecule has 1 heterocycles. The molecule has 2 nitrogen and oxygen atoms in total. The van der Waals surface area contributed by atoms with Crippen LogP contribution in [0.25, 0.3) is 0 Å². The zero-order chi connectivity index (χ0) is 10.0. The summed E-state index contributed by atoms with van der Waals surface area (Å²) in [5.74, 6) is 0.699. The second kappa shape index (κ2) is 2.94. The van der Waals surface area contributed by atoms with Gasteiger partial charge in [0.1, 0.15) is 0 Å². The quantitative estimate of drug-likeness (QED) is 0.657. The third-order valence-electron chi connectivity index (χ3n) is 3.24. The Morgan fingerprint density at radius 1 is 1.23 bits per heavy atom. The topological polar surface area (TPSA) is 29.5 Å². The highest BCUT2D eigenvalue weighted by molar-refractivity contribution is 9.39. The summed E-state index contributed by atoms with van der Waals surface area (Å²) >= 11 is 10.3. The summed E-state index contributed by atoms with van der Waals surface area (Å²) < 4.78 is 5.02. The lowest BCUT2D eigenvalue weighted by molar-refractivity contribution is -0.125. The number of ether oxygens (including phenoxy) is 1. The molecule has 76 valence electrons. The molecule has 0 aromatic carbocycles. The van der Waals surface area contributed by atoms with Gasteiger partial charge in [0, 0.05) is 11.8 Å². The number of aliphatic hydroxyl groups is 1. The van der Waals surface area contributed by atoms with E-state index in [9.17, 15) is 5.11 Å². The predicted molar refractivity (Wildman–Crippen MR) is 61.2 cm³/mol. The van der Waals surface area contributed by atoms with Crippen molar-refractivity contribution in [1.82, 2.24) is 0 Å². The minimum Gasteiger partial charge on any atom is -0.368 e. The van der Waals surface area contributed by atoms with Crippen LogP contribution in [0.3, 0.4) is 0 Å². The van der Waals surface area contributed by atoms with Crippen molar-refractivity contribution in [1.29, 1.82) is 0 Å². The van der Waals surface area contributed by atoms with Gasteiger partial charge in [-0.25, -0.2) is 0 Å². The van der Waals surface area contributed by atoms with Crippen LogP contribution in [0.15, 0.2) is 0 Å². The van der Waals surface area contributed by atoms with Crippen LogP contribution in [-0.2, 0) is 4.74 Å². The van der Waals surface area contributed by atoms with Gasteiger partial charge in [0.15, 0.2) is 8.43 Å². The Morgan fingerprint density at radius 3 is 2.00 bits per heavy atom. The van der Waals surface area contributed by atoms with Crippen molar-refractivity contribution >= 4 is 47.8 Å². The monoisotopic (exact) mass is 376 g/mol. The van der Waals surface area contributed by atoms with Crippen LogP contribution in [0.5, 0.6) is 0 Å². The van der Waals surface area contributed by atoms with Crippen LogP contribution >= 0.6 is 47.8 Å². The van der Waals surface area contributed by atoms with Gasteiger partial charge < -0.3 is 9.84 Å². The molecule has 0 amide bonds. The maximum Gasteiger partial charge on any atom is 0.161 e. The normalized spacial score (nSPS) is 47.5. The summed E-state index contributed by atoms with van der Waals surface area (Å²) in [6.07, 6.45) is -0.639. The van der Waals surface area contributed by atoms with E-state index < -0.39 is 8.43 Å². The lowest BCUT2D eigenvalue weighted by Crippen LogP contribution is -2.32. The van der Waals surface area contributed by atoms with Crippen molar-refractivity contribution in [3.05, 3.63) is 0 Å². The number of hydrogen-bond donors (Lipinski definition) is 1. The molecule has 0 spiro atoms. The number of fused-ring (bicyclic) bond motifs is 1. The molecule has 0 aromatic rings. The van der Waals surface area contributed by atoms with Crippen LogP contribution in [-0.4, -0.2) is 19.6 Å². The van der Waals surface area contributed by atoms with Crippen LogP contribution in [0.4, 0.5) is 0 Å². The maximum absolute atomic E-state index is 9.62. The highest BCUT2D eigenvalue weighted by atomic mass is 80.0. The Bertz CT molecular complexity index is 233. The molecule has 0 aromatic heterocycles. The summed E-state index contributed by atoms with van der Waals surface area (Å²) in [5.41, 5.74) is 0.197. The van der Waals surface area contributed by atoms with Crippen LogP contribution in [0.1, 0.15) is 13.8 Å². The summed E-state index contributed by atoms with van der Waals surface area (Å²) in [7, 11) is 0. The second-order valence-electron chi connectivity index (χ2n) is 4.36. The lowest BCUT2D eigenvalue weighted by Gasteiger charge is -2.27. The van der Waals surface area contributed by atoms with E-state index in [0.29, 0.717) is 5.92 Å². The zero-order valence-corrected chi connectivity index (χ0v) is 12.1. The van der Waals surface area contributed by atoms with E-state index >= 15 is 0 Å². The summed E-state index contributed by atoms with van der Waals surface area (Å²) in [5, 5.41) is 9.62. The molecule has 1 saturated heterocycles. The van der Waals surface area contributed by atoms with Crippen molar-refractivity contribution in [3.8, 4) is 0 Å². The molecule has 13 heavy (non-hydrogen) atoms. The Kier molecular flexibility index (Phi) is 2.45. The van der Waals surface area contributed by atoms with Gasteiger partial charge in [0.25, 0.3) is 0 Å². The van der Waals surface area contributed by atoms with E-state index in [1.54, 1.807) is 0 Å². The van der Waals surface area contributed by atoms with E-state index in [0.717, 1.165) is 0 Å². The van der Waals surface area contributed by atoms with Crippen LogP contribution in [0.2, 0.25) is 0 Å². The first kappa shape index (κ1) is 10.9. The Hall–Kier alpha value is 1.36. The molecule has 1 N–H and O–H groups in total. The van der Waals surface area contributed by atoms with Gasteiger partial charge >= 0.3 is 0 Å². The van der Waals surface area contributed by atoms with E-state index in [4.69, 9.17) is 4.74 Å². The number of rotatable bonds is 0. The average Bonchev–Trinajstić information content (AvgIpc) is 2.35. The number of alkyl halides is 3. The van der Waals surface area contributed by atoms with Gasteiger partial charge in [0.05, 0.1) is 6.10 Å². The molecule has 2 fully saturated rings. The molecule has 0 bridgehead atoms. The fourth-order valence-electron chi connectivity index (χ4n) is 2.44. The molecule has 1 saturated carbocycles. The van der Waals surface area contributed by atoms with Crippen molar-refractivity contribution < 1.29 is 9.84 Å². The second-order valence-corrected chi connectivity index (χ2v) is 11.3. The molecule has 0 radical (unpaired) electrons. The first-order valence-electron chi connectivity index (χ1n) is 4.16. The van der Waals surface area contributed by atoms with Gasteiger partial charge in [-0.2, -0.15) is 0 Å². The summed E-state index contributed by atoms with van der Waals surface area (Å²) in [4.78, 5) is 0. The Morgan fingerprint density at radius 2 is 1.77 bits per heavy atom. The fraction of sp³-hybridized carbons (Fsp3) is 1.00. The smallest absolute Gasteiger partial charge is 0.161 e. The van der Waals surface area contributed by atoms with Gasteiger partial charge in [-0.3, -0.25) is 0 Å². The predicted octanol–water partition coefficient (Wildman–Crippen LogP) is 2.81. The Labute approximate surface area is 103 Å². The molecule has 2 rings (SSSR count). The van der Waals surface area contributed by atoms with Gasteiger partial charge in [-0.15, -0.1) is 0 Å². The number of halogens is 3. The average molecular weight is 379 g/mol. The largest absolute Gasteiger partial charge is 0.368 e. The minimum atomic E-state index is -0.614. The van der Waals surface area contributed by atoms with E-state index in [1.807, 2.05) is 0 Å². The molecule has 1 aliphatic heterocycles. The molecule has 1 aliphatic carbocycles. The van der Waals surface area contributed by atoms with Gasteiger partial charge in [-0.1, -0.05) is 61.6 Å². The minimum absolute atomic E-state index is 0.0255. The fourth-order valence-corrected chi connectivity index (χ4v) is 3.62. The van der Waals surface area contributed by atoms with Crippen LogP contribution in [0, 0.1) is 17.3 Å². The highest BCUT2D eigenvalue weighted by Gasteiger charge is 2.72. The van der Waals surface area contributed by atoms with E-state index in [-0.39, 0.29) is 17.4 Å². The Balaban J connectivity index is 2.19. The molecular weight excluding hydrogens is 368 g/mol. The maximum atomic E-state index is 9.62. The molecule has 4 atom stereocenters. The molecule has 2 unspecified atom stereocenters. The van der Waals surface area contributed by atoms with Crippen molar-refractivity contribution in [3.63, 3.8) is 0 Å². The number of aliphatic hydroxyl groups excluding tert-OH is 1. The van der Waals surface area contributed by atoms with E-state index in [1.165, 1.54) is 0 Å². The van der Waals surface area contributed by atoms with Gasteiger partial charge in [-0.05, 0) is 5.41 Å². The third kappa shape index (κ3) is 1.55. The first-order valence-corrected chi connectivity index (χ1v) is 6.54. The summed E-state index contributed by atoms with van der Waals surface area (Å²) in [6, 6.07) is 0.